The molecule has 0 aliphatic rings. The summed E-state index contributed by atoms with van der Waals surface area (Å²) in [6.45, 7) is 3.99. The predicted octanol–water partition coefficient (Wildman–Crippen LogP) is 3.25. The monoisotopic (exact) mass is 334 g/mol. The van der Waals surface area contributed by atoms with Crippen molar-refractivity contribution in [2.24, 2.45) is 0 Å². The molecular weight excluding hydrogens is 316 g/mol. The third-order valence-corrected chi connectivity index (χ3v) is 4.33. The maximum Gasteiger partial charge on any atom is 0.303 e. The van der Waals surface area contributed by atoms with Gasteiger partial charge >= 0.3 is 5.97 Å². The maximum absolute atomic E-state index is 11.3. The van der Waals surface area contributed by atoms with Crippen LogP contribution in [0, 0.1) is 13.8 Å². The van der Waals surface area contributed by atoms with E-state index in [1.165, 1.54) is 12.1 Å². The third-order valence-electron chi connectivity index (χ3n) is 3.00. The number of carbonyl (C=O) groups is 1. The molecule has 21 heavy (non-hydrogen) atoms. The molecule has 0 saturated carbocycles. The molecule has 1 aromatic carbocycles. The highest BCUT2D eigenvalue weighted by Gasteiger charge is 2.14. The molecule has 1 aromatic rings. The van der Waals surface area contributed by atoms with Crippen LogP contribution in [-0.4, -0.2) is 26.1 Å². The fourth-order valence-electron chi connectivity index (χ4n) is 2.01. The minimum atomic E-state index is -3.74. The van der Waals surface area contributed by atoms with E-state index in [2.05, 4.69) is 0 Å². The lowest BCUT2D eigenvalue weighted by atomic mass is 10.1. The molecule has 0 aliphatic heterocycles. The van der Waals surface area contributed by atoms with Gasteiger partial charge in [0.25, 0.3) is 9.05 Å². The summed E-state index contributed by atoms with van der Waals surface area (Å²) in [5.41, 5.74) is 1.42. The van der Waals surface area contributed by atoms with E-state index in [0.29, 0.717) is 29.9 Å². The molecule has 0 amide bonds. The zero-order valence-corrected chi connectivity index (χ0v) is 13.6. The second kappa shape index (κ2) is 7.66. The molecule has 0 bridgehead atoms. The number of ether oxygens (including phenoxy) is 1. The largest absolute Gasteiger partial charge is 0.493 e. The van der Waals surface area contributed by atoms with Crippen molar-refractivity contribution >= 4 is 25.7 Å². The lowest BCUT2D eigenvalue weighted by Gasteiger charge is -2.13. The van der Waals surface area contributed by atoms with Gasteiger partial charge in [0.15, 0.2) is 0 Å². The summed E-state index contributed by atoms with van der Waals surface area (Å²) in [5.74, 6) is -0.141. The van der Waals surface area contributed by atoms with Gasteiger partial charge in [-0.05, 0) is 56.4 Å². The Kier molecular flexibility index (Phi) is 6.48. The number of rotatable bonds is 8. The molecule has 1 N–H and O–H groups in total. The number of unbranched alkanes of at least 4 members (excludes halogenated alkanes) is 2. The Labute approximate surface area is 129 Å². The zero-order valence-electron chi connectivity index (χ0n) is 12.1. The minimum Gasteiger partial charge on any atom is -0.493 e. The number of carboxylic acids is 1. The number of aliphatic carboxylic acids is 1. The van der Waals surface area contributed by atoms with Crippen LogP contribution in [0.3, 0.4) is 0 Å². The predicted molar refractivity (Wildman–Crippen MR) is 80.6 cm³/mol. The SMILES string of the molecule is Cc1cc(S(=O)(=O)Cl)cc(C)c1OCCCCCC(=O)O. The average Bonchev–Trinajstić information content (AvgIpc) is 2.34. The quantitative estimate of drug-likeness (QED) is 0.583. The number of halogens is 1. The minimum absolute atomic E-state index is 0.0629. The number of carboxylic acid groups (broad SMARTS) is 1. The van der Waals surface area contributed by atoms with Gasteiger partial charge in [0.2, 0.25) is 0 Å². The van der Waals surface area contributed by atoms with Gasteiger partial charge in [-0.15, -0.1) is 0 Å². The van der Waals surface area contributed by atoms with Crippen LogP contribution in [0.25, 0.3) is 0 Å². The number of benzene rings is 1. The second-order valence-electron chi connectivity index (χ2n) is 4.88. The molecular formula is C14H19ClO5S. The van der Waals surface area contributed by atoms with E-state index in [9.17, 15) is 13.2 Å². The van der Waals surface area contributed by atoms with Crippen LogP contribution in [0.5, 0.6) is 5.75 Å². The lowest BCUT2D eigenvalue weighted by Crippen LogP contribution is -2.03. The Morgan fingerprint density at radius 3 is 2.24 bits per heavy atom. The molecule has 1 rings (SSSR count). The molecule has 0 heterocycles. The Bertz CT molecular complexity index is 587. The van der Waals surface area contributed by atoms with E-state index < -0.39 is 15.0 Å². The Hall–Kier alpha value is -1.27. The van der Waals surface area contributed by atoms with Crippen LogP contribution in [0.2, 0.25) is 0 Å². The van der Waals surface area contributed by atoms with Crippen molar-refractivity contribution in [1.82, 2.24) is 0 Å². The van der Waals surface area contributed by atoms with E-state index in [1.54, 1.807) is 13.8 Å². The second-order valence-corrected chi connectivity index (χ2v) is 7.44. The smallest absolute Gasteiger partial charge is 0.303 e. The molecule has 0 aliphatic carbocycles. The van der Waals surface area contributed by atoms with E-state index in [-0.39, 0.29) is 11.3 Å². The van der Waals surface area contributed by atoms with Crippen LogP contribution >= 0.6 is 10.7 Å². The van der Waals surface area contributed by atoms with Crippen LogP contribution in [-0.2, 0) is 13.8 Å². The molecule has 5 nitrogen and oxygen atoms in total. The molecule has 0 saturated heterocycles. The van der Waals surface area contributed by atoms with Gasteiger partial charge in [-0.3, -0.25) is 4.79 Å². The van der Waals surface area contributed by atoms with Gasteiger partial charge in [-0.1, -0.05) is 0 Å². The summed E-state index contributed by atoms with van der Waals surface area (Å²) >= 11 is 0. The Morgan fingerprint density at radius 2 is 1.76 bits per heavy atom. The fraction of sp³-hybridized carbons (Fsp3) is 0.500. The van der Waals surface area contributed by atoms with Crippen molar-refractivity contribution in [2.45, 2.75) is 44.4 Å². The number of hydrogen-bond acceptors (Lipinski definition) is 4. The first kappa shape index (κ1) is 17.8. The zero-order chi connectivity index (χ0) is 16.0. The molecule has 7 heteroatoms. The van der Waals surface area contributed by atoms with E-state index in [1.807, 2.05) is 0 Å². The molecule has 0 spiro atoms. The first-order valence-corrected chi connectivity index (χ1v) is 8.93. The van der Waals surface area contributed by atoms with Crippen molar-refractivity contribution in [1.29, 1.82) is 0 Å². The molecule has 0 radical (unpaired) electrons. The normalized spacial score (nSPS) is 11.4. The summed E-state index contributed by atoms with van der Waals surface area (Å²) in [7, 11) is 1.58. The van der Waals surface area contributed by atoms with Gasteiger partial charge < -0.3 is 9.84 Å². The molecule has 0 unspecified atom stereocenters. The van der Waals surface area contributed by atoms with Gasteiger partial charge in [0.1, 0.15) is 5.75 Å². The van der Waals surface area contributed by atoms with Crippen molar-refractivity contribution in [3.05, 3.63) is 23.3 Å². The summed E-state index contributed by atoms with van der Waals surface area (Å²) in [4.78, 5) is 10.4. The van der Waals surface area contributed by atoms with Gasteiger partial charge in [-0.2, -0.15) is 0 Å². The molecule has 118 valence electrons. The lowest BCUT2D eigenvalue weighted by molar-refractivity contribution is -0.137. The van der Waals surface area contributed by atoms with Gasteiger partial charge in [-0.25, -0.2) is 8.42 Å². The van der Waals surface area contributed by atoms with Crippen LogP contribution in [0.1, 0.15) is 36.8 Å². The summed E-state index contributed by atoms with van der Waals surface area (Å²) < 4.78 is 28.3. The third kappa shape index (κ3) is 5.93. The van der Waals surface area contributed by atoms with Crippen molar-refractivity contribution in [2.75, 3.05) is 6.61 Å². The van der Waals surface area contributed by atoms with Crippen molar-refractivity contribution in [3.63, 3.8) is 0 Å². The summed E-state index contributed by atoms with van der Waals surface area (Å²) in [6, 6.07) is 2.96. The maximum atomic E-state index is 11.3. The van der Waals surface area contributed by atoms with E-state index in [4.69, 9.17) is 20.5 Å². The van der Waals surface area contributed by atoms with E-state index >= 15 is 0 Å². The van der Waals surface area contributed by atoms with Crippen molar-refractivity contribution < 1.29 is 23.1 Å². The molecule has 0 fully saturated rings. The number of hydrogen-bond donors (Lipinski definition) is 1. The Balaban J connectivity index is 2.59. The summed E-state index contributed by atoms with van der Waals surface area (Å²) in [6.07, 6.45) is 2.32. The van der Waals surface area contributed by atoms with Crippen LogP contribution in [0.15, 0.2) is 17.0 Å². The van der Waals surface area contributed by atoms with Gasteiger partial charge in [0, 0.05) is 17.1 Å². The van der Waals surface area contributed by atoms with Crippen LogP contribution < -0.4 is 4.74 Å². The average molecular weight is 335 g/mol. The highest BCUT2D eigenvalue weighted by Crippen LogP contribution is 2.28. The van der Waals surface area contributed by atoms with Crippen LogP contribution in [0.4, 0.5) is 0 Å². The fourth-order valence-corrected chi connectivity index (χ4v) is 2.91. The molecule has 0 aromatic heterocycles. The number of aryl methyl sites for hydroxylation is 2. The highest BCUT2D eigenvalue weighted by molar-refractivity contribution is 8.13. The first-order valence-electron chi connectivity index (χ1n) is 6.62. The summed E-state index contributed by atoms with van der Waals surface area (Å²) in [5, 5.41) is 8.52. The topological polar surface area (TPSA) is 80.7 Å². The Morgan fingerprint density at radius 1 is 1.19 bits per heavy atom. The standard InChI is InChI=1S/C14H19ClO5S/c1-10-8-12(21(15,18)19)9-11(2)14(10)20-7-5-3-4-6-13(16)17/h8-9H,3-7H2,1-2H3,(H,16,17). The first-order chi connectivity index (χ1) is 9.71. The molecule has 0 atom stereocenters. The highest BCUT2D eigenvalue weighted by atomic mass is 35.7. The van der Waals surface area contributed by atoms with Gasteiger partial charge in [0.05, 0.1) is 11.5 Å². The van der Waals surface area contributed by atoms with Crippen molar-refractivity contribution in [3.8, 4) is 5.75 Å². The van der Waals surface area contributed by atoms with E-state index in [0.717, 1.165) is 12.8 Å².